The number of benzene rings is 3. The fourth-order valence-corrected chi connectivity index (χ4v) is 5.63. The number of aliphatic hydroxyl groups is 1. The number of pyridine rings is 1. The summed E-state index contributed by atoms with van der Waals surface area (Å²) in [5.41, 5.74) is -2.88. The topological polar surface area (TPSA) is 73.8 Å². The molecule has 0 aliphatic carbocycles. The molecule has 9 heteroatoms. The molecule has 0 fully saturated rings. The number of fused-ring (bicyclic) bond motifs is 3. The number of aromatic nitrogens is 3. The maximum absolute atomic E-state index is 14.9. The van der Waals surface area contributed by atoms with E-state index in [1.165, 1.54) is 41.1 Å². The van der Waals surface area contributed by atoms with Crippen molar-refractivity contribution in [1.82, 2.24) is 14.5 Å². The van der Waals surface area contributed by atoms with Gasteiger partial charge in [-0.05, 0) is 54.8 Å². The number of hydrogen-bond acceptors (Lipinski definition) is 2. The predicted molar refractivity (Wildman–Crippen MR) is 147 cm³/mol. The lowest BCUT2D eigenvalue weighted by molar-refractivity contribution is -0.270. The molecule has 3 heterocycles. The van der Waals surface area contributed by atoms with Gasteiger partial charge < -0.3 is 19.6 Å². The molecule has 6 rings (SSSR count). The van der Waals surface area contributed by atoms with Crippen molar-refractivity contribution >= 4 is 32.7 Å². The van der Waals surface area contributed by atoms with Gasteiger partial charge in [-0.15, -0.1) is 0 Å². The first-order valence-corrected chi connectivity index (χ1v) is 12.7. The van der Waals surface area contributed by atoms with E-state index in [1.54, 1.807) is 37.3 Å². The summed E-state index contributed by atoms with van der Waals surface area (Å²) < 4.78 is 60.6. The van der Waals surface area contributed by atoms with E-state index >= 15 is 0 Å². The van der Waals surface area contributed by atoms with Gasteiger partial charge in [-0.2, -0.15) is 13.2 Å². The van der Waals surface area contributed by atoms with Gasteiger partial charge in [0.1, 0.15) is 5.82 Å². The van der Waals surface area contributed by atoms with Crippen LogP contribution >= 0.6 is 0 Å². The first kappa shape index (κ1) is 25.9. The number of halogens is 4. The third-order valence-electron chi connectivity index (χ3n) is 7.82. The number of H-pyrrole nitrogens is 2. The van der Waals surface area contributed by atoms with E-state index in [0.29, 0.717) is 22.4 Å². The monoisotopic (exact) mass is 547 g/mol. The fraction of sp³-hybridized carbons (Fsp3) is 0.194. The van der Waals surface area contributed by atoms with Crippen molar-refractivity contribution in [3.8, 4) is 0 Å². The maximum Gasteiger partial charge on any atom is 0.418 e. The summed E-state index contributed by atoms with van der Waals surface area (Å²) in [5.74, 6) is -0.509. The van der Waals surface area contributed by atoms with Gasteiger partial charge in [0, 0.05) is 51.9 Å². The molecule has 0 aliphatic rings. The molecule has 204 valence electrons. The first-order chi connectivity index (χ1) is 19.0. The van der Waals surface area contributed by atoms with Gasteiger partial charge in [-0.1, -0.05) is 36.4 Å². The summed E-state index contributed by atoms with van der Waals surface area (Å²) in [6.45, 7) is 0.738. The second kappa shape index (κ2) is 9.09. The number of hydrogen-bond donors (Lipinski definition) is 3. The summed E-state index contributed by atoms with van der Waals surface area (Å²) in [6, 6.07) is 22.5. The zero-order valence-electron chi connectivity index (χ0n) is 21.4. The Labute approximate surface area is 225 Å². The molecule has 6 aromatic rings. The van der Waals surface area contributed by atoms with E-state index in [4.69, 9.17) is 0 Å². The third-order valence-corrected chi connectivity index (χ3v) is 7.82. The van der Waals surface area contributed by atoms with Crippen molar-refractivity contribution in [3.05, 3.63) is 119 Å². The lowest BCUT2D eigenvalue weighted by Gasteiger charge is -2.39. The lowest BCUT2D eigenvalue weighted by atomic mass is 9.73. The van der Waals surface area contributed by atoms with Crippen molar-refractivity contribution in [1.29, 1.82) is 0 Å². The Kier molecular flexibility index (Phi) is 5.88. The molecular formula is C31H25F4N3O2. The van der Waals surface area contributed by atoms with E-state index in [0.717, 1.165) is 5.39 Å². The van der Waals surface area contributed by atoms with Crippen LogP contribution in [0.15, 0.2) is 95.9 Å². The van der Waals surface area contributed by atoms with Crippen LogP contribution in [0, 0.1) is 5.82 Å². The molecule has 0 saturated heterocycles. The highest BCUT2D eigenvalue weighted by atomic mass is 19.4. The van der Waals surface area contributed by atoms with E-state index in [2.05, 4.69) is 9.97 Å². The van der Waals surface area contributed by atoms with Gasteiger partial charge in [0.25, 0.3) is 0 Å². The average molecular weight is 548 g/mol. The minimum absolute atomic E-state index is 0.238. The molecule has 0 amide bonds. The van der Waals surface area contributed by atoms with Crippen molar-refractivity contribution < 1.29 is 22.7 Å². The van der Waals surface area contributed by atoms with Gasteiger partial charge in [-0.3, -0.25) is 4.79 Å². The van der Waals surface area contributed by atoms with Crippen molar-refractivity contribution in [3.63, 3.8) is 0 Å². The quantitative estimate of drug-likeness (QED) is 0.201. The summed E-state index contributed by atoms with van der Waals surface area (Å²) in [7, 11) is 0. The number of nitrogens with zero attached hydrogens (tertiary/aromatic N) is 1. The molecule has 3 aromatic carbocycles. The zero-order valence-corrected chi connectivity index (χ0v) is 21.4. The van der Waals surface area contributed by atoms with Gasteiger partial charge in [0.2, 0.25) is 0 Å². The average Bonchev–Trinajstić information content (AvgIpc) is 3.56. The largest absolute Gasteiger partial charge is 0.418 e. The predicted octanol–water partition coefficient (Wildman–Crippen LogP) is 6.79. The maximum atomic E-state index is 14.9. The number of nitrogens with one attached hydrogen (secondary N) is 2. The van der Waals surface area contributed by atoms with Crippen LogP contribution in [0.2, 0.25) is 0 Å². The van der Waals surface area contributed by atoms with E-state index in [1.807, 2.05) is 24.3 Å². The second-order valence-corrected chi connectivity index (χ2v) is 10.5. The van der Waals surface area contributed by atoms with Crippen LogP contribution in [0.5, 0.6) is 0 Å². The van der Waals surface area contributed by atoms with Crippen LogP contribution in [0.1, 0.15) is 24.7 Å². The van der Waals surface area contributed by atoms with Crippen LogP contribution in [0.4, 0.5) is 17.6 Å². The number of para-hydroxylation sites is 2. The van der Waals surface area contributed by atoms with Crippen molar-refractivity contribution in [2.75, 3.05) is 0 Å². The minimum Gasteiger partial charge on any atom is -0.379 e. The molecule has 0 saturated carbocycles. The molecule has 3 aromatic heterocycles. The molecule has 0 radical (unpaired) electrons. The Morgan fingerprint density at radius 1 is 0.825 bits per heavy atom. The Bertz CT molecular complexity index is 1900. The highest BCUT2D eigenvalue weighted by Crippen LogP contribution is 2.46. The van der Waals surface area contributed by atoms with Crippen molar-refractivity contribution in [2.45, 2.75) is 37.1 Å². The SMILES string of the molecule is CC(CC(O)(Cn1ccc(=O)c2ccccc21)C(F)(F)F)(c1cc2ccccc2[nH]1)c1cc2c(F)cccc2[nH]1. The number of rotatable bonds is 6. The van der Waals surface area contributed by atoms with E-state index < -0.39 is 36.0 Å². The molecule has 40 heavy (non-hydrogen) atoms. The smallest absolute Gasteiger partial charge is 0.379 e. The highest BCUT2D eigenvalue weighted by molar-refractivity contribution is 5.83. The lowest BCUT2D eigenvalue weighted by Crippen LogP contribution is -2.53. The van der Waals surface area contributed by atoms with E-state index in [-0.39, 0.29) is 21.7 Å². The summed E-state index contributed by atoms with van der Waals surface area (Å²) in [4.78, 5) is 18.7. The second-order valence-electron chi connectivity index (χ2n) is 10.5. The van der Waals surface area contributed by atoms with Crippen LogP contribution in [0.3, 0.4) is 0 Å². The fourth-order valence-electron chi connectivity index (χ4n) is 5.63. The molecule has 3 N–H and O–H groups in total. The third kappa shape index (κ3) is 4.17. The molecule has 0 spiro atoms. The molecule has 0 bridgehead atoms. The summed E-state index contributed by atoms with van der Waals surface area (Å²) in [6.07, 6.45) is -4.59. The molecular weight excluding hydrogens is 522 g/mol. The van der Waals surface area contributed by atoms with Crippen molar-refractivity contribution in [2.24, 2.45) is 0 Å². The molecule has 0 aliphatic heterocycles. The highest BCUT2D eigenvalue weighted by Gasteiger charge is 2.58. The standard InChI is InChI=1S/C31H25F4N3O2/c1-29(27-15-19-7-2-4-10-23(19)36-27,28-16-21-22(32)9-6-11-24(21)37-28)17-30(40,31(33,34)35)18-38-14-13-26(39)20-8-3-5-12-25(20)38/h2-16,36-37,40H,17-18H2,1H3. The summed E-state index contributed by atoms with van der Waals surface area (Å²) in [5, 5.41) is 12.8. The number of alkyl halides is 3. The van der Waals surface area contributed by atoms with Crippen LogP contribution in [-0.2, 0) is 12.0 Å². The first-order valence-electron chi connectivity index (χ1n) is 12.7. The van der Waals surface area contributed by atoms with Gasteiger partial charge in [0.15, 0.2) is 11.0 Å². The van der Waals surface area contributed by atoms with Gasteiger partial charge >= 0.3 is 6.18 Å². The molecule has 2 unspecified atom stereocenters. The minimum atomic E-state index is -5.05. The van der Waals surface area contributed by atoms with Gasteiger partial charge in [-0.25, -0.2) is 4.39 Å². The zero-order chi connectivity index (χ0) is 28.3. The summed E-state index contributed by atoms with van der Waals surface area (Å²) >= 11 is 0. The molecule has 5 nitrogen and oxygen atoms in total. The van der Waals surface area contributed by atoms with E-state index in [9.17, 15) is 27.5 Å². The van der Waals surface area contributed by atoms with Crippen LogP contribution in [0.25, 0.3) is 32.7 Å². The Hall–Kier alpha value is -4.37. The normalized spacial score (nSPS) is 15.4. The Balaban J connectivity index is 1.54. The number of aromatic amines is 2. The van der Waals surface area contributed by atoms with Gasteiger partial charge in [0.05, 0.1) is 17.5 Å². The van der Waals surface area contributed by atoms with Crippen LogP contribution < -0.4 is 5.43 Å². The Morgan fingerprint density at radius 2 is 1.50 bits per heavy atom. The Morgan fingerprint density at radius 3 is 2.25 bits per heavy atom. The van der Waals surface area contributed by atoms with Crippen LogP contribution in [-0.4, -0.2) is 31.4 Å². The molecule has 2 atom stereocenters.